The van der Waals surface area contributed by atoms with Gasteiger partial charge in [-0.05, 0) is 6.92 Å². The molecule has 2 heterocycles. The van der Waals surface area contributed by atoms with E-state index in [4.69, 9.17) is 14.3 Å². The summed E-state index contributed by atoms with van der Waals surface area (Å²) >= 11 is 1.51. The van der Waals surface area contributed by atoms with Gasteiger partial charge in [0.15, 0.2) is 0 Å². The Labute approximate surface area is 101 Å². The Kier molecular flexibility index (Phi) is 3.55. The number of aliphatic hydroxyl groups is 1. The topological polar surface area (TPSA) is 72.6 Å². The van der Waals surface area contributed by atoms with Crippen molar-refractivity contribution in [3.8, 4) is 5.75 Å². The minimum atomic E-state index is -0.304. The molecule has 0 saturated heterocycles. The summed E-state index contributed by atoms with van der Waals surface area (Å²) in [5, 5.41) is 9.73. The second kappa shape index (κ2) is 5.11. The van der Waals surface area contributed by atoms with Crippen molar-refractivity contribution in [3.05, 3.63) is 44.4 Å². The highest BCUT2D eigenvalue weighted by molar-refractivity contribution is 7.11. The maximum Gasteiger partial charge on any atom is 0.227 e. The lowest BCUT2D eigenvalue weighted by Crippen LogP contribution is -2.07. The van der Waals surface area contributed by atoms with E-state index in [1.165, 1.54) is 23.7 Å². The van der Waals surface area contributed by atoms with Crippen LogP contribution in [0.25, 0.3) is 0 Å². The number of thiazole rings is 1. The summed E-state index contributed by atoms with van der Waals surface area (Å²) in [5.74, 6) is 0.351. The first-order valence-electron chi connectivity index (χ1n) is 4.95. The Hall–Kier alpha value is -1.66. The van der Waals surface area contributed by atoms with Gasteiger partial charge in [-0.15, -0.1) is 11.3 Å². The van der Waals surface area contributed by atoms with Crippen LogP contribution in [0.2, 0.25) is 0 Å². The molecule has 0 unspecified atom stereocenters. The molecule has 0 fully saturated rings. The molecule has 0 radical (unpaired) electrons. The highest BCUT2D eigenvalue weighted by Gasteiger charge is 2.05. The molecule has 0 amide bonds. The van der Waals surface area contributed by atoms with E-state index in [1.807, 2.05) is 6.92 Å². The number of ether oxygens (including phenoxy) is 1. The largest absolute Gasteiger partial charge is 0.481 e. The van der Waals surface area contributed by atoms with Crippen molar-refractivity contribution in [2.45, 2.75) is 20.1 Å². The molecule has 17 heavy (non-hydrogen) atoms. The molecule has 5 nitrogen and oxygen atoms in total. The molecule has 90 valence electrons. The van der Waals surface area contributed by atoms with E-state index >= 15 is 0 Å². The normalized spacial score (nSPS) is 10.5. The third kappa shape index (κ3) is 2.92. The number of hydrogen-bond acceptors (Lipinski definition) is 6. The molecule has 0 atom stereocenters. The number of nitrogens with zero attached hydrogens (tertiary/aromatic N) is 1. The first-order valence-corrected chi connectivity index (χ1v) is 5.77. The van der Waals surface area contributed by atoms with Crippen LogP contribution in [-0.2, 0) is 13.2 Å². The van der Waals surface area contributed by atoms with E-state index in [1.54, 1.807) is 6.20 Å². The maximum atomic E-state index is 11.5. The number of hydrogen-bond donors (Lipinski definition) is 1. The van der Waals surface area contributed by atoms with E-state index in [-0.39, 0.29) is 30.2 Å². The summed E-state index contributed by atoms with van der Waals surface area (Å²) in [5.41, 5.74) is -0.304. The molecule has 2 aromatic rings. The van der Waals surface area contributed by atoms with Crippen LogP contribution in [0.1, 0.15) is 15.6 Å². The predicted molar refractivity (Wildman–Crippen MR) is 62.1 cm³/mol. The van der Waals surface area contributed by atoms with Crippen molar-refractivity contribution < 1.29 is 14.3 Å². The molecule has 2 aromatic heterocycles. The van der Waals surface area contributed by atoms with Crippen LogP contribution in [-0.4, -0.2) is 10.1 Å². The van der Waals surface area contributed by atoms with Crippen molar-refractivity contribution >= 4 is 11.3 Å². The fraction of sp³-hybridized carbons (Fsp3) is 0.273. The summed E-state index contributed by atoms with van der Waals surface area (Å²) in [6.07, 6.45) is 2.92. The third-order valence-corrected chi connectivity index (χ3v) is 2.93. The molecule has 0 aliphatic heterocycles. The lowest BCUT2D eigenvalue weighted by molar-refractivity contribution is 0.236. The van der Waals surface area contributed by atoms with Gasteiger partial charge in [0.25, 0.3) is 0 Å². The van der Waals surface area contributed by atoms with Crippen LogP contribution in [0.15, 0.2) is 27.7 Å². The lowest BCUT2D eigenvalue weighted by Gasteiger charge is -2.03. The molecule has 0 aromatic carbocycles. The summed E-state index contributed by atoms with van der Waals surface area (Å²) in [6, 6.07) is 1.22. The van der Waals surface area contributed by atoms with Gasteiger partial charge in [0.05, 0.1) is 9.88 Å². The Bertz CT molecular complexity index is 561. The van der Waals surface area contributed by atoms with E-state index < -0.39 is 0 Å². The van der Waals surface area contributed by atoms with Crippen molar-refractivity contribution in [1.29, 1.82) is 0 Å². The molecular weight excluding hydrogens is 242 g/mol. The Morgan fingerprint density at radius 2 is 2.41 bits per heavy atom. The second-order valence-corrected chi connectivity index (χ2v) is 4.69. The van der Waals surface area contributed by atoms with Crippen LogP contribution in [0, 0.1) is 6.92 Å². The molecule has 0 bridgehead atoms. The van der Waals surface area contributed by atoms with E-state index in [9.17, 15) is 4.79 Å². The molecule has 0 saturated carbocycles. The zero-order valence-electron chi connectivity index (χ0n) is 9.17. The van der Waals surface area contributed by atoms with Crippen molar-refractivity contribution in [2.24, 2.45) is 0 Å². The van der Waals surface area contributed by atoms with Gasteiger partial charge >= 0.3 is 0 Å². The lowest BCUT2D eigenvalue weighted by atomic mass is 10.4. The number of aliphatic hydroxyl groups excluding tert-OH is 1. The Morgan fingerprint density at radius 3 is 3.00 bits per heavy atom. The molecular formula is C11H11NO4S. The molecule has 0 aliphatic rings. The average Bonchev–Trinajstić information content (AvgIpc) is 2.73. The fourth-order valence-electron chi connectivity index (χ4n) is 1.25. The highest BCUT2D eigenvalue weighted by Crippen LogP contribution is 2.14. The average molecular weight is 253 g/mol. The summed E-state index contributed by atoms with van der Waals surface area (Å²) in [4.78, 5) is 16.5. The maximum absolute atomic E-state index is 11.5. The van der Waals surface area contributed by atoms with Crippen LogP contribution >= 0.6 is 11.3 Å². The number of rotatable bonds is 4. The predicted octanol–water partition coefficient (Wildman–Crippen LogP) is 1.48. The number of aryl methyl sites for hydroxylation is 1. The molecule has 6 heteroatoms. The van der Waals surface area contributed by atoms with Crippen LogP contribution in [0.5, 0.6) is 5.75 Å². The van der Waals surface area contributed by atoms with Gasteiger partial charge in [-0.3, -0.25) is 4.79 Å². The van der Waals surface area contributed by atoms with Crippen LogP contribution in [0.4, 0.5) is 0 Å². The van der Waals surface area contributed by atoms with Crippen molar-refractivity contribution in [3.63, 3.8) is 0 Å². The Morgan fingerprint density at radius 1 is 1.59 bits per heavy atom. The van der Waals surface area contributed by atoms with Gasteiger partial charge in [0.1, 0.15) is 25.2 Å². The van der Waals surface area contributed by atoms with Gasteiger partial charge in [-0.1, -0.05) is 0 Å². The van der Waals surface area contributed by atoms with Crippen molar-refractivity contribution in [1.82, 2.24) is 4.98 Å². The summed E-state index contributed by atoms with van der Waals surface area (Å²) < 4.78 is 10.3. The minimum Gasteiger partial charge on any atom is -0.481 e. The summed E-state index contributed by atoms with van der Waals surface area (Å²) in [6.45, 7) is 1.89. The van der Waals surface area contributed by atoms with Gasteiger partial charge in [0.2, 0.25) is 11.2 Å². The summed E-state index contributed by atoms with van der Waals surface area (Å²) in [7, 11) is 0. The van der Waals surface area contributed by atoms with E-state index in [2.05, 4.69) is 4.98 Å². The molecule has 0 aliphatic carbocycles. The van der Waals surface area contributed by atoms with E-state index in [0.717, 1.165) is 9.88 Å². The third-order valence-electron chi connectivity index (χ3n) is 2.05. The first-order chi connectivity index (χ1) is 8.19. The highest BCUT2D eigenvalue weighted by atomic mass is 32.1. The first kappa shape index (κ1) is 11.8. The van der Waals surface area contributed by atoms with Crippen LogP contribution < -0.4 is 10.2 Å². The van der Waals surface area contributed by atoms with E-state index in [0.29, 0.717) is 0 Å². The standard InChI is InChI=1S/C11H11NO4S/c1-7-12-3-9(17-7)5-16-11-6-15-8(4-13)2-10(11)14/h2-3,6,13H,4-5H2,1H3. The zero-order valence-corrected chi connectivity index (χ0v) is 9.99. The monoisotopic (exact) mass is 253 g/mol. The van der Waals surface area contributed by atoms with Gasteiger partial charge in [-0.25, -0.2) is 4.98 Å². The van der Waals surface area contributed by atoms with Crippen molar-refractivity contribution in [2.75, 3.05) is 0 Å². The molecule has 1 N–H and O–H groups in total. The minimum absolute atomic E-state index is 0.133. The SMILES string of the molecule is Cc1ncc(COc2coc(CO)cc2=O)s1. The fourth-order valence-corrected chi connectivity index (χ4v) is 1.96. The quantitative estimate of drug-likeness (QED) is 0.893. The van der Waals surface area contributed by atoms with Gasteiger partial charge < -0.3 is 14.3 Å². The molecule has 0 spiro atoms. The molecule has 2 rings (SSSR count). The zero-order chi connectivity index (χ0) is 12.3. The second-order valence-electron chi connectivity index (χ2n) is 3.37. The smallest absolute Gasteiger partial charge is 0.227 e. The van der Waals surface area contributed by atoms with Gasteiger partial charge in [-0.2, -0.15) is 0 Å². The van der Waals surface area contributed by atoms with Crippen LogP contribution in [0.3, 0.4) is 0 Å². The number of aromatic nitrogens is 1. The Balaban J connectivity index is 2.06. The van der Waals surface area contributed by atoms with Gasteiger partial charge in [0, 0.05) is 12.3 Å².